The monoisotopic (exact) mass is 739 g/mol. The maximum atomic E-state index is 14.8. The first-order chi connectivity index (χ1) is 23.9. The number of sulfonamides is 1. The molecule has 4 aromatic carbocycles. The number of unbranched alkanes of at least 4 members (excludes halogenated alkanes) is 1. The van der Waals surface area contributed by atoms with Crippen LogP contribution in [0.25, 0.3) is 0 Å². The van der Waals surface area contributed by atoms with Gasteiger partial charge in [0.05, 0.1) is 24.8 Å². The fourth-order valence-corrected chi connectivity index (χ4v) is 7.50. The molecular formula is C38H43Cl2N3O6S. The van der Waals surface area contributed by atoms with Crippen LogP contribution in [0.2, 0.25) is 10.0 Å². The van der Waals surface area contributed by atoms with Crippen LogP contribution in [-0.4, -0.2) is 58.5 Å². The van der Waals surface area contributed by atoms with Crippen molar-refractivity contribution in [3.8, 4) is 11.5 Å². The largest absolute Gasteiger partial charge is 0.493 e. The van der Waals surface area contributed by atoms with Crippen molar-refractivity contribution in [3.63, 3.8) is 0 Å². The van der Waals surface area contributed by atoms with E-state index >= 15 is 0 Å². The van der Waals surface area contributed by atoms with Crippen molar-refractivity contribution in [2.24, 2.45) is 0 Å². The summed E-state index contributed by atoms with van der Waals surface area (Å²) < 4.78 is 40.9. The van der Waals surface area contributed by atoms with Gasteiger partial charge in [-0.15, -0.1) is 0 Å². The zero-order valence-corrected chi connectivity index (χ0v) is 31.2. The van der Waals surface area contributed by atoms with Crippen molar-refractivity contribution < 1.29 is 27.5 Å². The smallest absolute Gasteiger partial charge is 0.264 e. The van der Waals surface area contributed by atoms with E-state index in [2.05, 4.69) is 5.32 Å². The van der Waals surface area contributed by atoms with E-state index < -0.39 is 28.5 Å². The number of hydrogen-bond acceptors (Lipinski definition) is 6. The summed E-state index contributed by atoms with van der Waals surface area (Å²) in [6.45, 7) is 5.46. The summed E-state index contributed by atoms with van der Waals surface area (Å²) in [5.41, 5.74) is 3.28. The summed E-state index contributed by atoms with van der Waals surface area (Å²) in [6, 6.07) is 22.9. The van der Waals surface area contributed by atoms with E-state index in [0.29, 0.717) is 33.6 Å². The summed E-state index contributed by atoms with van der Waals surface area (Å²) >= 11 is 12.8. The number of aryl methyl sites for hydroxylation is 2. The van der Waals surface area contributed by atoms with Crippen molar-refractivity contribution >= 4 is 50.7 Å². The lowest BCUT2D eigenvalue weighted by atomic mass is 10.0. The number of carbonyl (C=O) groups is 2. The van der Waals surface area contributed by atoms with Crippen LogP contribution in [0, 0.1) is 13.8 Å². The Hall–Kier alpha value is -4.25. The molecular weight excluding hydrogens is 697 g/mol. The number of rotatable bonds is 16. The summed E-state index contributed by atoms with van der Waals surface area (Å²) in [5, 5.41) is 3.71. The molecule has 1 unspecified atom stereocenters. The van der Waals surface area contributed by atoms with Crippen LogP contribution in [0.15, 0.2) is 89.8 Å². The van der Waals surface area contributed by atoms with Gasteiger partial charge in [-0.05, 0) is 78.9 Å². The molecule has 2 amide bonds. The molecule has 0 fully saturated rings. The molecule has 0 radical (unpaired) electrons. The number of hydrogen-bond donors (Lipinski definition) is 1. The topological polar surface area (TPSA) is 105 Å². The van der Waals surface area contributed by atoms with Crippen LogP contribution in [0.1, 0.15) is 42.0 Å². The molecule has 0 spiro atoms. The van der Waals surface area contributed by atoms with Gasteiger partial charge in [0, 0.05) is 35.6 Å². The van der Waals surface area contributed by atoms with Gasteiger partial charge in [-0.3, -0.25) is 13.9 Å². The number of carbonyl (C=O) groups excluding carboxylic acids is 2. The van der Waals surface area contributed by atoms with Crippen LogP contribution in [0.4, 0.5) is 5.69 Å². The molecule has 0 aliphatic rings. The van der Waals surface area contributed by atoms with E-state index in [4.69, 9.17) is 32.7 Å². The second-order valence-corrected chi connectivity index (χ2v) is 14.7. The van der Waals surface area contributed by atoms with Gasteiger partial charge in [0.15, 0.2) is 11.5 Å². The van der Waals surface area contributed by atoms with Crippen molar-refractivity contribution in [3.05, 3.63) is 117 Å². The average molecular weight is 741 g/mol. The molecule has 4 rings (SSSR count). The van der Waals surface area contributed by atoms with E-state index in [-0.39, 0.29) is 29.5 Å². The highest BCUT2D eigenvalue weighted by Crippen LogP contribution is 2.33. The van der Waals surface area contributed by atoms with Crippen LogP contribution in [-0.2, 0) is 32.6 Å². The number of anilines is 1. The van der Waals surface area contributed by atoms with Crippen molar-refractivity contribution in [2.45, 2.75) is 57.5 Å². The fraction of sp³-hybridized carbons (Fsp3) is 0.316. The highest BCUT2D eigenvalue weighted by atomic mass is 35.5. The molecule has 0 saturated carbocycles. The van der Waals surface area contributed by atoms with Gasteiger partial charge in [0.2, 0.25) is 11.8 Å². The van der Waals surface area contributed by atoms with Crippen LogP contribution in [0.5, 0.6) is 11.5 Å². The normalized spacial score (nSPS) is 11.8. The summed E-state index contributed by atoms with van der Waals surface area (Å²) in [6.07, 6.45) is 1.80. The van der Waals surface area contributed by atoms with Gasteiger partial charge in [-0.2, -0.15) is 0 Å². The molecule has 266 valence electrons. The van der Waals surface area contributed by atoms with Crippen LogP contribution < -0.4 is 19.1 Å². The minimum atomic E-state index is -4.38. The average Bonchev–Trinajstić information content (AvgIpc) is 3.09. The number of methoxy groups -OCH3 is 2. The summed E-state index contributed by atoms with van der Waals surface area (Å²) in [4.78, 5) is 30.1. The SMILES string of the molecule is CCCCNC(=O)C(Cc1ccccc1)N(Cc1ccc(Cl)cc1Cl)C(=O)CN(c1cc(C)cc(C)c1)S(=O)(=O)c1ccc(OC)c(OC)c1. The van der Waals surface area contributed by atoms with Crippen LogP contribution >= 0.6 is 23.2 Å². The fourth-order valence-electron chi connectivity index (χ4n) is 5.62. The number of benzene rings is 4. The van der Waals surface area contributed by atoms with Gasteiger partial charge in [-0.1, -0.05) is 79.0 Å². The molecule has 9 nitrogen and oxygen atoms in total. The minimum Gasteiger partial charge on any atom is -0.493 e. The zero-order chi connectivity index (χ0) is 36.4. The number of nitrogens with one attached hydrogen (secondary N) is 1. The van der Waals surface area contributed by atoms with Crippen molar-refractivity contribution in [1.29, 1.82) is 0 Å². The Balaban J connectivity index is 1.86. The molecule has 0 aliphatic carbocycles. The first-order valence-corrected chi connectivity index (χ1v) is 18.5. The third kappa shape index (κ3) is 9.71. The minimum absolute atomic E-state index is 0.0787. The Morgan fingerprint density at radius 1 is 0.860 bits per heavy atom. The molecule has 0 aliphatic heterocycles. The predicted octanol–water partition coefficient (Wildman–Crippen LogP) is 7.38. The molecule has 50 heavy (non-hydrogen) atoms. The number of nitrogens with zero attached hydrogens (tertiary/aromatic N) is 2. The van der Waals surface area contributed by atoms with E-state index in [1.807, 2.05) is 57.2 Å². The van der Waals surface area contributed by atoms with Crippen LogP contribution in [0.3, 0.4) is 0 Å². The Labute approximate surface area is 305 Å². The number of ether oxygens (including phenoxy) is 2. The van der Waals surface area contributed by atoms with Gasteiger partial charge in [0.25, 0.3) is 10.0 Å². The molecule has 4 aromatic rings. The highest BCUT2D eigenvalue weighted by molar-refractivity contribution is 7.92. The van der Waals surface area contributed by atoms with E-state index in [9.17, 15) is 18.0 Å². The van der Waals surface area contributed by atoms with Gasteiger partial charge in [-0.25, -0.2) is 8.42 Å². The first-order valence-electron chi connectivity index (χ1n) is 16.3. The second-order valence-electron chi connectivity index (χ2n) is 12.0. The van der Waals surface area contributed by atoms with Gasteiger partial charge >= 0.3 is 0 Å². The Kier molecular flexibility index (Phi) is 13.6. The quantitative estimate of drug-likeness (QED) is 0.120. The van der Waals surface area contributed by atoms with Crippen molar-refractivity contribution in [2.75, 3.05) is 31.6 Å². The van der Waals surface area contributed by atoms with E-state index in [1.54, 1.807) is 30.3 Å². The van der Waals surface area contributed by atoms with E-state index in [0.717, 1.165) is 33.8 Å². The zero-order valence-electron chi connectivity index (χ0n) is 28.9. The number of halogens is 2. The molecule has 0 aromatic heterocycles. The lowest BCUT2D eigenvalue weighted by Crippen LogP contribution is -2.53. The standard InChI is InChI=1S/C38H43Cl2N3O6S/c1-6-7-17-41-38(45)34(21-28-11-9-8-10-12-28)42(24-29-13-14-30(39)22-33(29)40)37(44)25-43(31-19-26(2)18-27(3)20-31)50(46,47)32-15-16-35(48-4)36(23-32)49-5/h8-16,18-20,22-23,34H,6-7,17,21,24-25H2,1-5H3,(H,41,45). The third-order valence-corrected chi connectivity index (χ3v) is 10.5. The maximum absolute atomic E-state index is 14.8. The molecule has 12 heteroatoms. The third-order valence-electron chi connectivity index (χ3n) is 8.17. The lowest BCUT2D eigenvalue weighted by Gasteiger charge is -2.34. The maximum Gasteiger partial charge on any atom is 0.264 e. The molecule has 0 heterocycles. The first kappa shape index (κ1) is 38.6. The number of amides is 2. The van der Waals surface area contributed by atoms with E-state index in [1.165, 1.54) is 37.3 Å². The second kappa shape index (κ2) is 17.6. The molecule has 1 atom stereocenters. The predicted molar refractivity (Wildman–Crippen MR) is 199 cm³/mol. The molecule has 0 saturated heterocycles. The lowest BCUT2D eigenvalue weighted by molar-refractivity contribution is -0.140. The summed E-state index contributed by atoms with van der Waals surface area (Å²) in [5.74, 6) is -0.400. The Morgan fingerprint density at radius 2 is 1.54 bits per heavy atom. The van der Waals surface area contributed by atoms with Gasteiger partial charge < -0.3 is 19.7 Å². The Bertz CT molecular complexity index is 1890. The van der Waals surface area contributed by atoms with Gasteiger partial charge in [0.1, 0.15) is 12.6 Å². The Morgan fingerprint density at radius 3 is 2.16 bits per heavy atom. The molecule has 0 bridgehead atoms. The highest BCUT2D eigenvalue weighted by Gasteiger charge is 2.35. The summed E-state index contributed by atoms with van der Waals surface area (Å²) in [7, 11) is -1.51. The van der Waals surface area contributed by atoms with Crippen molar-refractivity contribution in [1.82, 2.24) is 10.2 Å². The molecule has 1 N–H and O–H groups in total.